The Bertz CT molecular complexity index is 1300. The standard InChI is InChI=1S/C38H58O10/c1-11-22(3)17-35(12-2,21-42-6)32-31(46-10)28-18-36(32,23(4)43-7)27-19-37(41)29(45-9)20-38(28,48-24(5)39)30(27)33(37)47-34(40)25-13-15-26(44-8)16-14-25/h13-16,22-23,27-33,41H,11-12,17-21H2,1-10H3/t22-,23+,27?,28?,29-,30?,31-,32+,33-,35-,36-,37-,38-/m0/s1. The predicted octanol–water partition coefficient (Wildman–Crippen LogP) is 5.47. The van der Waals surface area contributed by atoms with Gasteiger partial charge in [-0.25, -0.2) is 4.79 Å². The number of rotatable bonds is 15. The largest absolute Gasteiger partial charge is 0.497 e. The first-order valence-corrected chi connectivity index (χ1v) is 17.7. The number of carbonyl (C=O) groups is 2. The van der Waals surface area contributed by atoms with Crippen molar-refractivity contribution in [2.75, 3.05) is 42.2 Å². The summed E-state index contributed by atoms with van der Waals surface area (Å²) in [6.07, 6.45) is 1.66. The second-order valence-corrected chi connectivity index (χ2v) is 15.2. The number of hydrogen-bond acceptors (Lipinski definition) is 10. The number of methoxy groups -OCH3 is 5. The minimum atomic E-state index is -1.53. The maximum absolute atomic E-state index is 13.9. The number of ether oxygens (including phenoxy) is 7. The van der Waals surface area contributed by atoms with E-state index in [1.807, 2.05) is 0 Å². The average Bonchev–Trinajstić information content (AvgIpc) is 3.55. The maximum atomic E-state index is 13.9. The third-order valence-corrected chi connectivity index (χ3v) is 13.4. The van der Waals surface area contributed by atoms with Crippen molar-refractivity contribution >= 4 is 11.9 Å². The van der Waals surface area contributed by atoms with Gasteiger partial charge in [-0.3, -0.25) is 4.79 Å². The van der Waals surface area contributed by atoms with Crippen LogP contribution in [0.15, 0.2) is 24.3 Å². The topological polar surface area (TPSA) is 119 Å². The first-order chi connectivity index (χ1) is 22.8. The number of fused-ring (bicyclic) bond motifs is 5. The van der Waals surface area contributed by atoms with Crippen LogP contribution in [0, 0.1) is 40.4 Å². The summed E-state index contributed by atoms with van der Waals surface area (Å²) in [4.78, 5) is 27.1. The molecule has 13 atom stereocenters. The molecule has 0 amide bonds. The molecule has 1 aromatic rings. The van der Waals surface area contributed by atoms with Crippen molar-refractivity contribution in [2.45, 2.75) is 109 Å². The molecule has 4 saturated carbocycles. The van der Waals surface area contributed by atoms with Crippen LogP contribution in [-0.4, -0.2) is 94.8 Å². The Morgan fingerprint density at radius 1 is 0.979 bits per heavy atom. The van der Waals surface area contributed by atoms with Crippen molar-refractivity contribution in [1.29, 1.82) is 0 Å². The van der Waals surface area contributed by atoms with E-state index in [2.05, 4.69) is 27.7 Å². The van der Waals surface area contributed by atoms with Crippen LogP contribution in [-0.2, 0) is 33.2 Å². The lowest BCUT2D eigenvalue weighted by molar-refractivity contribution is -0.259. The Hall–Kier alpha value is -2.24. The molecule has 0 radical (unpaired) electrons. The van der Waals surface area contributed by atoms with Crippen molar-refractivity contribution in [3.63, 3.8) is 0 Å². The van der Waals surface area contributed by atoms with Crippen LogP contribution >= 0.6 is 0 Å². The molecule has 0 aromatic heterocycles. The molecule has 0 heterocycles. The molecule has 4 bridgehead atoms. The first-order valence-electron chi connectivity index (χ1n) is 17.7. The third kappa shape index (κ3) is 5.40. The summed E-state index contributed by atoms with van der Waals surface area (Å²) in [7, 11) is 8.38. The molecule has 0 aliphatic heterocycles. The van der Waals surface area contributed by atoms with Crippen molar-refractivity contribution in [2.24, 2.45) is 40.4 Å². The highest BCUT2D eigenvalue weighted by Gasteiger charge is 2.84. The highest BCUT2D eigenvalue weighted by molar-refractivity contribution is 5.89. The molecule has 4 aliphatic rings. The molecule has 5 rings (SSSR count). The summed E-state index contributed by atoms with van der Waals surface area (Å²) in [5.41, 5.74) is -3.16. The average molecular weight is 675 g/mol. The van der Waals surface area contributed by atoms with Crippen LogP contribution in [0.4, 0.5) is 0 Å². The molecule has 0 spiro atoms. The fraction of sp³-hybridized carbons (Fsp3) is 0.789. The van der Waals surface area contributed by atoms with Crippen LogP contribution in [0.3, 0.4) is 0 Å². The predicted molar refractivity (Wildman–Crippen MR) is 179 cm³/mol. The second-order valence-electron chi connectivity index (χ2n) is 15.2. The van der Waals surface area contributed by atoms with E-state index in [0.29, 0.717) is 36.7 Å². The number of benzene rings is 1. The summed E-state index contributed by atoms with van der Waals surface area (Å²) in [6.45, 7) is 10.8. The lowest BCUT2D eigenvalue weighted by Gasteiger charge is -2.59. The normalized spacial score (nSPS) is 38.9. The Morgan fingerprint density at radius 2 is 1.67 bits per heavy atom. The lowest BCUT2D eigenvalue weighted by Crippen LogP contribution is -2.69. The van der Waals surface area contributed by atoms with E-state index in [-0.39, 0.29) is 41.8 Å². The van der Waals surface area contributed by atoms with E-state index in [1.165, 1.54) is 6.92 Å². The second kappa shape index (κ2) is 13.8. The molecule has 10 heteroatoms. The molecule has 4 fully saturated rings. The van der Waals surface area contributed by atoms with Gasteiger partial charge in [0, 0.05) is 65.0 Å². The van der Waals surface area contributed by atoms with Crippen LogP contribution in [0.2, 0.25) is 0 Å². The molecule has 1 aromatic carbocycles. The van der Waals surface area contributed by atoms with Gasteiger partial charge in [0.1, 0.15) is 23.1 Å². The minimum Gasteiger partial charge on any atom is -0.497 e. The molecule has 48 heavy (non-hydrogen) atoms. The number of carbonyl (C=O) groups excluding carboxylic acids is 2. The molecule has 4 aliphatic carbocycles. The van der Waals surface area contributed by atoms with Crippen LogP contribution < -0.4 is 4.74 Å². The van der Waals surface area contributed by atoms with Crippen LogP contribution in [0.5, 0.6) is 5.75 Å². The Morgan fingerprint density at radius 3 is 2.19 bits per heavy atom. The Balaban J connectivity index is 1.75. The number of hydrogen-bond donors (Lipinski definition) is 1. The van der Waals surface area contributed by atoms with Gasteiger partial charge >= 0.3 is 11.9 Å². The van der Waals surface area contributed by atoms with Crippen LogP contribution in [0.25, 0.3) is 0 Å². The fourth-order valence-corrected chi connectivity index (χ4v) is 11.4. The minimum absolute atomic E-state index is 0.0711. The zero-order chi connectivity index (χ0) is 35.2. The third-order valence-electron chi connectivity index (χ3n) is 13.4. The van der Waals surface area contributed by atoms with Crippen molar-refractivity contribution < 1.29 is 47.9 Å². The van der Waals surface area contributed by atoms with Gasteiger partial charge in [0.25, 0.3) is 0 Å². The van der Waals surface area contributed by atoms with Gasteiger partial charge in [0.05, 0.1) is 37.6 Å². The number of esters is 2. The zero-order valence-electron chi connectivity index (χ0n) is 30.6. The van der Waals surface area contributed by atoms with E-state index >= 15 is 0 Å². The first kappa shape index (κ1) is 37.0. The Labute approximate surface area is 286 Å². The quantitative estimate of drug-likeness (QED) is 0.240. The molecule has 3 unspecified atom stereocenters. The van der Waals surface area contributed by atoms with E-state index in [1.54, 1.807) is 59.8 Å². The molecule has 270 valence electrons. The summed E-state index contributed by atoms with van der Waals surface area (Å²) in [5.74, 6) is -1.10. The zero-order valence-corrected chi connectivity index (χ0v) is 30.6. The fourth-order valence-electron chi connectivity index (χ4n) is 11.4. The molecular formula is C38H58O10. The maximum Gasteiger partial charge on any atom is 0.338 e. The van der Waals surface area contributed by atoms with Crippen LogP contribution in [0.1, 0.15) is 83.5 Å². The SMILES string of the molecule is CC[C@H](C)C[C@@](CC)(COC)[C@H]1[C@@H](OC)C2C[C@]1([C@@H](C)OC)C1C[C@]3(O)[C@@H](OC)C[C@@]2(OC(C)=O)C1[C@@H]3OC(=O)c1ccc(OC)cc1. The molecular weight excluding hydrogens is 616 g/mol. The van der Waals surface area contributed by atoms with E-state index in [0.717, 1.165) is 19.3 Å². The lowest BCUT2D eigenvalue weighted by atomic mass is 9.49. The van der Waals surface area contributed by atoms with Gasteiger partial charge in [0.2, 0.25) is 0 Å². The summed E-state index contributed by atoms with van der Waals surface area (Å²) in [6, 6.07) is 6.71. The smallest absolute Gasteiger partial charge is 0.338 e. The highest BCUT2D eigenvalue weighted by Crippen LogP contribution is 2.77. The van der Waals surface area contributed by atoms with Crippen molar-refractivity contribution in [3.8, 4) is 5.75 Å². The van der Waals surface area contributed by atoms with Gasteiger partial charge in [-0.15, -0.1) is 0 Å². The summed E-state index contributed by atoms with van der Waals surface area (Å²) in [5, 5.41) is 12.8. The van der Waals surface area contributed by atoms with Crippen molar-refractivity contribution in [1.82, 2.24) is 0 Å². The Kier molecular flexibility index (Phi) is 10.7. The molecule has 1 N–H and O–H groups in total. The van der Waals surface area contributed by atoms with Gasteiger partial charge in [-0.1, -0.05) is 27.2 Å². The van der Waals surface area contributed by atoms with Crippen molar-refractivity contribution in [3.05, 3.63) is 29.8 Å². The van der Waals surface area contributed by atoms with E-state index < -0.39 is 46.7 Å². The molecule has 0 saturated heterocycles. The van der Waals surface area contributed by atoms with Gasteiger partial charge in [-0.05, 0) is 74.1 Å². The number of aliphatic hydroxyl groups is 1. The highest BCUT2D eigenvalue weighted by atomic mass is 16.6. The van der Waals surface area contributed by atoms with Gasteiger partial charge < -0.3 is 38.3 Å². The van der Waals surface area contributed by atoms with E-state index in [4.69, 9.17) is 33.2 Å². The summed E-state index contributed by atoms with van der Waals surface area (Å²) >= 11 is 0. The monoisotopic (exact) mass is 674 g/mol. The summed E-state index contributed by atoms with van der Waals surface area (Å²) < 4.78 is 43.4. The van der Waals surface area contributed by atoms with Gasteiger partial charge in [-0.2, -0.15) is 0 Å². The van der Waals surface area contributed by atoms with Gasteiger partial charge in [0.15, 0.2) is 0 Å². The van der Waals surface area contributed by atoms with E-state index in [9.17, 15) is 14.7 Å². The molecule has 10 nitrogen and oxygen atoms in total.